The molecule has 1 N–H and O–H groups in total. The van der Waals surface area contributed by atoms with E-state index in [1.54, 1.807) is 48.8 Å². The minimum Gasteiger partial charge on any atom is -0.460 e. The van der Waals surface area contributed by atoms with Gasteiger partial charge in [0.2, 0.25) is 0 Å². The van der Waals surface area contributed by atoms with E-state index < -0.39 is 5.97 Å². The number of fused-ring (bicyclic) bond motifs is 1. The predicted molar refractivity (Wildman–Crippen MR) is 94.5 cm³/mol. The Balaban J connectivity index is 1.63. The van der Waals surface area contributed by atoms with Gasteiger partial charge in [-0.25, -0.2) is 9.78 Å². The number of nitrogens with zero attached hydrogens (tertiary/aromatic N) is 3. The zero-order valence-corrected chi connectivity index (χ0v) is 13.8. The molecule has 124 valence electrons. The van der Waals surface area contributed by atoms with Crippen molar-refractivity contribution in [3.63, 3.8) is 0 Å². The first-order valence-corrected chi connectivity index (χ1v) is 7.87. The number of esters is 1. The molecule has 0 atom stereocenters. The van der Waals surface area contributed by atoms with Crippen LogP contribution in [0, 0.1) is 11.3 Å². The number of pyridine rings is 2. The van der Waals surface area contributed by atoms with Crippen molar-refractivity contribution in [2.24, 2.45) is 0 Å². The fourth-order valence-corrected chi connectivity index (χ4v) is 2.49. The Labute approximate surface area is 149 Å². The number of halogens is 1. The third-order valence-corrected chi connectivity index (χ3v) is 3.72. The van der Waals surface area contributed by atoms with Crippen molar-refractivity contribution in [2.75, 3.05) is 18.5 Å². The molecule has 2 aromatic heterocycles. The molecule has 0 aliphatic heterocycles. The molecule has 0 saturated carbocycles. The molecular formula is C18H13ClN4O2. The molecule has 25 heavy (non-hydrogen) atoms. The van der Waals surface area contributed by atoms with Gasteiger partial charge in [-0.15, -0.1) is 0 Å². The number of aromatic nitrogens is 2. The van der Waals surface area contributed by atoms with Gasteiger partial charge in [0.05, 0.1) is 23.2 Å². The Morgan fingerprint density at radius 2 is 2.12 bits per heavy atom. The number of carbonyl (C=O) groups excluding carboxylic acids is 1. The Hall–Kier alpha value is -3.17. The number of hydrogen-bond acceptors (Lipinski definition) is 6. The summed E-state index contributed by atoms with van der Waals surface area (Å²) in [5.41, 5.74) is 1.50. The van der Waals surface area contributed by atoms with Crippen molar-refractivity contribution in [1.29, 1.82) is 5.26 Å². The first-order valence-electron chi connectivity index (χ1n) is 7.49. The van der Waals surface area contributed by atoms with E-state index in [1.165, 1.54) is 0 Å². The number of ether oxygens (including phenoxy) is 1. The molecule has 7 heteroatoms. The van der Waals surface area contributed by atoms with Gasteiger partial charge in [0.25, 0.3) is 0 Å². The molecule has 0 aliphatic rings. The minimum absolute atomic E-state index is 0.137. The summed E-state index contributed by atoms with van der Waals surface area (Å²) < 4.78 is 5.29. The van der Waals surface area contributed by atoms with Crippen LogP contribution in [0.25, 0.3) is 10.9 Å². The van der Waals surface area contributed by atoms with Crippen LogP contribution in [0.2, 0.25) is 5.02 Å². The quantitative estimate of drug-likeness (QED) is 0.559. The molecule has 6 nitrogen and oxygen atoms in total. The monoisotopic (exact) mass is 352 g/mol. The summed E-state index contributed by atoms with van der Waals surface area (Å²) in [4.78, 5) is 20.6. The van der Waals surface area contributed by atoms with Crippen molar-refractivity contribution in [3.8, 4) is 6.07 Å². The maximum atomic E-state index is 12.3. The SMILES string of the molecule is N#Cc1cccnc1NCCOC(=O)c1ccnc2cc(Cl)ccc12. The number of rotatable bonds is 5. The topological polar surface area (TPSA) is 87.9 Å². The second-order valence-electron chi connectivity index (χ2n) is 5.09. The fraction of sp³-hybridized carbons (Fsp3) is 0.111. The maximum Gasteiger partial charge on any atom is 0.338 e. The van der Waals surface area contributed by atoms with Crippen LogP contribution in [0.3, 0.4) is 0 Å². The molecule has 0 aliphatic carbocycles. The van der Waals surface area contributed by atoms with E-state index in [1.807, 2.05) is 6.07 Å². The van der Waals surface area contributed by atoms with Gasteiger partial charge in [0.15, 0.2) is 0 Å². The highest BCUT2D eigenvalue weighted by Crippen LogP contribution is 2.21. The number of nitriles is 1. The van der Waals surface area contributed by atoms with Gasteiger partial charge in [-0.1, -0.05) is 17.7 Å². The van der Waals surface area contributed by atoms with Crippen LogP contribution >= 0.6 is 11.6 Å². The van der Waals surface area contributed by atoms with Crippen LogP contribution in [0.4, 0.5) is 5.82 Å². The van der Waals surface area contributed by atoms with Crippen molar-refractivity contribution >= 4 is 34.3 Å². The van der Waals surface area contributed by atoms with Gasteiger partial charge in [0.1, 0.15) is 18.5 Å². The van der Waals surface area contributed by atoms with Gasteiger partial charge in [-0.2, -0.15) is 5.26 Å². The standard InChI is InChI=1S/C18H13ClN4O2/c19-13-3-4-14-15(5-7-21-16(14)10-13)18(24)25-9-8-23-17-12(11-20)2-1-6-22-17/h1-7,10H,8-9H2,(H,22,23). The van der Waals surface area contributed by atoms with Crippen LogP contribution in [-0.4, -0.2) is 29.1 Å². The average Bonchev–Trinajstić information content (AvgIpc) is 2.64. The van der Waals surface area contributed by atoms with E-state index in [0.717, 1.165) is 0 Å². The number of hydrogen-bond donors (Lipinski definition) is 1. The summed E-state index contributed by atoms with van der Waals surface area (Å²) in [5.74, 6) is 0.0168. The van der Waals surface area contributed by atoms with Crippen molar-refractivity contribution in [3.05, 3.63) is 64.9 Å². The van der Waals surface area contributed by atoms with E-state index in [9.17, 15) is 4.79 Å². The van der Waals surface area contributed by atoms with Crippen molar-refractivity contribution in [2.45, 2.75) is 0 Å². The molecule has 2 heterocycles. The molecule has 0 amide bonds. The highest BCUT2D eigenvalue weighted by Gasteiger charge is 2.12. The molecule has 0 saturated heterocycles. The van der Waals surface area contributed by atoms with Gasteiger partial charge in [-0.3, -0.25) is 4.98 Å². The number of nitrogens with one attached hydrogen (secondary N) is 1. The number of anilines is 1. The molecule has 1 aromatic carbocycles. The van der Waals surface area contributed by atoms with Crippen molar-refractivity contribution in [1.82, 2.24) is 9.97 Å². The van der Waals surface area contributed by atoms with E-state index in [2.05, 4.69) is 15.3 Å². The van der Waals surface area contributed by atoms with Gasteiger partial charge < -0.3 is 10.1 Å². The van der Waals surface area contributed by atoms with Crippen LogP contribution in [0.1, 0.15) is 15.9 Å². The molecule has 3 rings (SSSR count). The molecule has 0 radical (unpaired) electrons. The number of benzene rings is 1. The van der Waals surface area contributed by atoms with Gasteiger partial charge in [-0.05, 0) is 30.3 Å². The Kier molecular flexibility index (Phi) is 5.07. The van der Waals surface area contributed by atoms with Gasteiger partial charge >= 0.3 is 5.97 Å². The Morgan fingerprint density at radius 1 is 1.24 bits per heavy atom. The predicted octanol–water partition coefficient (Wildman–Crippen LogP) is 3.42. The summed E-state index contributed by atoms with van der Waals surface area (Å²) in [5, 5.41) is 13.2. The number of carbonyl (C=O) groups is 1. The summed E-state index contributed by atoms with van der Waals surface area (Å²) in [7, 11) is 0. The second kappa shape index (κ2) is 7.60. The van der Waals surface area contributed by atoms with Crippen LogP contribution in [0.5, 0.6) is 0 Å². The van der Waals surface area contributed by atoms with Crippen molar-refractivity contribution < 1.29 is 9.53 Å². The van der Waals surface area contributed by atoms with E-state index in [0.29, 0.717) is 39.4 Å². The first-order chi connectivity index (χ1) is 12.2. The first kappa shape index (κ1) is 16.7. The average molecular weight is 353 g/mol. The van der Waals surface area contributed by atoms with Gasteiger partial charge in [0, 0.05) is 22.8 Å². The van der Waals surface area contributed by atoms with E-state index in [-0.39, 0.29) is 6.61 Å². The largest absolute Gasteiger partial charge is 0.460 e. The van der Waals surface area contributed by atoms with Crippen LogP contribution in [-0.2, 0) is 4.74 Å². The lowest BCUT2D eigenvalue weighted by Gasteiger charge is -2.09. The second-order valence-corrected chi connectivity index (χ2v) is 5.53. The highest BCUT2D eigenvalue weighted by atomic mass is 35.5. The van der Waals surface area contributed by atoms with E-state index >= 15 is 0 Å². The Bertz CT molecular complexity index is 969. The fourth-order valence-electron chi connectivity index (χ4n) is 2.33. The summed E-state index contributed by atoms with van der Waals surface area (Å²) in [6.07, 6.45) is 3.13. The third-order valence-electron chi connectivity index (χ3n) is 3.48. The summed E-state index contributed by atoms with van der Waals surface area (Å²) in [6, 6.07) is 12.1. The lowest BCUT2D eigenvalue weighted by Crippen LogP contribution is -2.15. The summed E-state index contributed by atoms with van der Waals surface area (Å²) >= 11 is 5.94. The normalized spacial score (nSPS) is 10.2. The van der Waals surface area contributed by atoms with Crippen LogP contribution < -0.4 is 5.32 Å². The Morgan fingerprint density at radius 3 is 2.96 bits per heavy atom. The molecule has 0 unspecified atom stereocenters. The lowest BCUT2D eigenvalue weighted by molar-refractivity contribution is 0.0523. The van der Waals surface area contributed by atoms with E-state index in [4.69, 9.17) is 21.6 Å². The minimum atomic E-state index is -0.446. The highest BCUT2D eigenvalue weighted by molar-refractivity contribution is 6.31. The molecule has 0 bridgehead atoms. The molecular weight excluding hydrogens is 340 g/mol. The third kappa shape index (κ3) is 3.84. The molecule has 0 fully saturated rings. The molecule has 0 spiro atoms. The maximum absolute atomic E-state index is 12.3. The zero-order valence-electron chi connectivity index (χ0n) is 13.1. The molecule has 3 aromatic rings. The summed E-state index contributed by atoms with van der Waals surface area (Å²) in [6.45, 7) is 0.476. The zero-order chi connectivity index (χ0) is 17.6. The van der Waals surface area contributed by atoms with Crippen LogP contribution in [0.15, 0.2) is 48.8 Å². The lowest BCUT2D eigenvalue weighted by atomic mass is 10.1. The smallest absolute Gasteiger partial charge is 0.338 e.